The number of nitrogens with two attached hydrogens (primary N) is 1. The van der Waals surface area contributed by atoms with Crippen LogP contribution in [0.1, 0.15) is 47.7 Å². The summed E-state index contributed by atoms with van der Waals surface area (Å²) in [4.78, 5) is 30.4. The van der Waals surface area contributed by atoms with Gasteiger partial charge in [0.15, 0.2) is 5.82 Å². The first-order chi connectivity index (χ1) is 17.4. The molecular weight excluding hydrogens is 460 g/mol. The van der Waals surface area contributed by atoms with E-state index in [1.807, 2.05) is 26.0 Å². The van der Waals surface area contributed by atoms with E-state index in [0.29, 0.717) is 23.5 Å². The second-order valence-electron chi connectivity index (χ2n) is 8.62. The lowest BCUT2D eigenvalue weighted by atomic mass is 9.99. The van der Waals surface area contributed by atoms with E-state index < -0.39 is 23.6 Å². The van der Waals surface area contributed by atoms with E-state index in [4.69, 9.17) is 20.5 Å². The second kappa shape index (κ2) is 10.7. The summed E-state index contributed by atoms with van der Waals surface area (Å²) in [5.74, 6) is -2.61. The molecule has 0 bridgehead atoms. The number of aryl methyl sites for hydroxylation is 1. The quantitative estimate of drug-likeness (QED) is 0.471. The van der Waals surface area contributed by atoms with Crippen molar-refractivity contribution in [2.24, 2.45) is 5.73 Å². The molecule has 3 N–H and O–H groups in total. The van der Waals surface area contributed by atoms with Crippen LogP contribution >= 0.6 is 0 Å². The van der Waals surface area contributed by atoms with Crippen LogP contribution in [0.3, 0.4) is 0 Å². The van der Waals surface area contributed by atoms with E-state index in [-0.39, 0.29) is 18.8 Å². The largest absolute Gasteiger partial charge is 0.365 e. The van der Waals surface area contributed by atoms with E-state index >= 15 is 0 Å². The topological polar surface area (TPSA) is 145 Å². The molecule has 0 aliphatic carbocycles. The number of unbranched alkanes of at least 4 members (excludes halogenated alkanes) is 1. The molecule has 0 radical (unpaired) electrons. The Kier molecular flexibility index (Phi) is 7.43. The number of nitrogens with zero attached hydrogens (tertiary/aromatic N) is 4. The minimum Gasteiger partial charge on any atom is -0.365 e. The minimum absolute atomic E-state index is 0.212. The Balaban J connectivity index is 1.65. The normalized spacial score (nSPS) is 15.2. The number of benzene rings is 1. The highest BCUT2D eigenvalue weighted by Gasteiger charge is 2.50. The first-order valence-corrected chi connectivity index (χ1v) is 11.8. The molecule has 10 nitrogen and oxygen atoms in total. The lowest BCUT2D eigenvalue weighted by Gasteiger charge is -2.33. The Bertz CT molecular complexity index is 1290. The molecule has 1 fully saturated rings. The molecule has 1 atom stereocenters. The van der Waals surface area contributed by atoms with Gasteiger partial charge >= 0.3 is 0 Å². The van der Waals surface area contributed by atoms with E-state index in [2.05, 4.69) is 21.5 Å². The van der Waals surface area contributed by atoms with Gasteiger partial charge in [0.2, 0.25) is 0 Å². The summed E-state index contributed by atoms with van der Waals surface area (Å²) in [5.41, 5.74) is 8.76. The molecule has 186 valence electrons. The standard InChI is InChI=1S/C26H28N6O4/c1-3-4-5-22(26(25(28)34)35-12-13-36-26)30-24(33)20-14-17(2)16-29-23(20)32-11-10-21(31-32)19-8-6-18(15-27)7-9-19/h6-11,14,16,22H,3-5,12-13H2,1-2H3,(H2,28,34)(H,30,33). The molecule has 1 aromatic carbocycles. The number of ether oxygens (including phenoxy) is 2. The zero-order valence-electron chi connectivity index (χ0n) is 20.2. The van der Waals surface area contributed by atoms with E-state index in [9.17, 15) is 9.59 Å². The third kappa shape index (κ3) is 4.98. The number of amides is 2. The first kappa shape index (κ1) is 25.0. The molecule has 3 heterocycles. The Morgan fingerprint density at radius 1 is 1.25 bits per heavy atom. The van der Waals surface area contributed by atoms with Crippen LogP contribution < -0.4 is 11.1 Å². The van der Waals surface area contributed by atoms with Crippen molar-refractivity contribution in [2.75, 3.05) is 13.2 Å². The average molecular weight is 489 g/mol. The van der Waals surface area contributed by atoms with Crippen molar-refractivity contribution in [3.05, 3.63) is 65.5 Å². The van der Waals surface area contributed by atoms with E-state index in [0.717, 1.165) is 24.0 Å². The van der Waals surface area contributed by atoms with Crippen LogP contribution in [0, 0.1) is 18.3 Å². The Morgan fingerprint density at radius 2 is 1.97 bits per heavy atom. The lowest BCUT2D eigenvalue weighted by Crippen LogP contribution is -2.60. The molecule has 3 aromatic rings. The highest BCUT2D eigenvalue weighted by atomic mass is 16.7. The van der Waals surface area contributed by atoms with Crippen LogP contribution in [0.4, 0.5) is 0 Å². The summed E-state index contributed by atoms with van der Waals surface area (Å²) in [5, 5.41) is 16.5. The summed E-state index contributed by atoms with van der Waals surface area (Å²) in [7, 11) is 0. The highest BCUT2D eigenvalue weighted by Crippen LogP contribution is 2.28. The van der Waals surface area contributed by atoms with Crippen LogP contribution in [0.5, 0.6) is 0 Å². The summed E-state index contributed by atoms with van der Waals surface area (Å²) < 4.78 is 12.8. The smallest absolute Gasteiger partial charge is 0.280 e. The molecule has 1 unspecified atom stereocenters. The number of hydrogen-bond donors (Lipinski definition) is 2. The van der Waals surface area contributed by atoms with Gasteiger partial charge in [0, 0.05) is 18.0 Å². The molecule has 2 aromatic heterocycles. The number of primary amides is 1. The van der Waals surface area contributed by atoms with Crippen molar-refractivity contribution >= 4 is 11.8 Å². The van der Waals surface area contributed by atoms with Crippen molar-refractivity contribution in [3.8, 4) is 23.1 Å². The summed E-state index contributed by atoms with van der Waals surface area (Å²) in [6.07, 6.45) is 5.40. The molecule has 36 heavy (non-hydrogen) atoms. The van der Waals surface area contributed by atoms with E-state index in [1.165, 1.54) is 4.68 Å². The van der Waals surface area contributed by atoms with Gasteiger partial charge in [-0.1, -0.05) is 31.9 Å². The van der Waals surface area contributed by atoms with Crippen LogP contribution in [-0.2, 0) is 14.3 Å². The maximum Gasteiger partial charge on any atom is 0.280 e. The molecular formula is C26H28N6O4. The van der Waals surface area contributed by atoms with Crippen LogP contribution in [-0.4, -0.2) is 51.6 Å². The van der Waals surface area contributed by atoms with Crippen LogP contribution in [0.15, 0.2) is 48.8 Å². The van der Waals surface area contributed by atoms with Crippen LogP contribution in [0.25, 0.3) is 17.1 Å². The maximum absolute atomic E-state index is 13.5. The number of hydrogen-bond acceptors (Lipinski definition) is 7. The molecule has 1 saturated heterocycles. The zero-order chi connectivity index (χ0) is 25.7. The minimum atomic E-state index is -1.71. The SMILES string of the molecule is CCCCC(NC(=O)c1cc(C)cnc1-n1ccc(-c2ccc(C#N)cc2)n1)C1(C(N)=O)OCCO1. The van der Waals surface area contributed by atoms with Crippen molar-refractivity contribution < 1.29 is 19.1 Å². The third-order valence-corrected chi connectivity index (χ3v) is 6.03. The average Bonchev–Trinajstić information content (AvgIpc) is 3.58. The molecule has 2 amide bonds. The number of nitrogens with one attached hydrogen (secondary N) is 1. The number of aromatic nitrogens is 3. The first-order valence-electron chi connectivity index (χ1n) is 11.8. The van der Waals surface area contributed by atoms with Crippen LogP contribution in [0.2, 0.25) is 0 Å². The Hall–Kier alpha value is -4.07. The molecule has 1 aliphatic rings. The monoisotopic (exact) mass is 488 g/mol. The highest BCUT2D eigenvalue weighted by molar-refractivity contribution is 5.98. The summed E-state index contributed by atoms with van der Waals surface area (Å²) in [6, 6.07) is 11.9. The fourth-order valence-corrected chi connectivity index (χ4v) is 4.17. The van der Waals surface area contributed by atoms with Gasteiger partial charge in [-0.3, -0.25) is 9.59 Å². The van der Waals surface area contributed by atoms with E-state index in [1.54, 1.807) is 36.7 Å². The van der Waals surface area contributed by atoms with Crippen molar-refractivity contribution in [3.63, 3.8) is 0 Å². The number of pyridine rings is 1. The Labute approximate surface area is 209 Å². The number of carbonyl (C=O) groups excluding carboxylic acids is 2. The maximum atomic E-state index is 13.5. The van der Waals surface area contributed by atoms with Gasteiger partial charge in [-0.2, -0.15) is 10.4 Å². The fourth-order valence-electron chi connectivity index (χ4n) is 4.17. The van der Waals surface area contributed by atoms with Gasteiger partial charge in [0.25, 0.3) is 17.6 Å². The van der Waals surface area contributed by atoms with Gasteiger partial charge in [0.05, 0.1) is 42.1 Å². The van der Waals surface area contributed by atoms with Crippen molar-refractivity contribution in [1.82, 2.24) is 20.1 Å². The molecule has 10 heteroatoms. The number of nitriles is 1. The van der Waals surface area contributed by atoms with Gasteiger partial charge in [-0.15, -0.1) is 0 Å². The lowest BCUT2D eigenvalue weighted by molar-refractivity contribution is -0.190. The zero-order valence-corrected chi connectivity index (χ0v) is 20.2. The Morgan fingerprint density at radius 3 is 2.61 bits per heavy atom. The molecule has 0 spiro atoms. The predicted octanol–water partition coefficient (Wildman–Crippen LogP) is 2.63. The van der Waals surface area contributed by atoms with Crippen molar-refractivity contribution in [2.45, 2.75) is 44.9 Å². The second-order valence-corrected chi connectivity index (χ2v) is 8.62. The summed E-state index contributed by atoms with van der Waals surface area (Å²) in [6.45, 7) is 4.27. The van der Waals surface area contributed by atoms with Gasteiger partial charge in [-0.25, -0.2) is 9.67 Å². The molecule has 0 saturated carbocycles. The summed E-state index contributed by atoms with van der Waals surface area (Å²) >= 11 is 0. The molecule has 4 rings (SSSR count). The van der Waals surface area contributed by atoms with Crippen molar-refractivity contribution in [1.29, 1.82) is 5.26 Å². The molecule has 1 aliphatic heterocycles. The third-order valence-electron chi connectivity index (χ3n) is 6.03. The number of rotatable bonds is 9. The number of carbonyl (C=O) groups is 2. The fraction of sp³-hybridized carbons (Fsp3) is 0.346. The van der Waals surface area contributed by atoms with Gasteiger partial charge in [0.1, 0.15) is 0 Å². The van der Waals surface area contributed by atoms with Gasteiger partial charge < -0.3 is 20.5 Å². The predicted molar refractivity (Wildman–Crippen MR) is 131 cm³/mol. The van der Waals surface area contributed by atoms with Gasteiger partial charge in [-0.05, 0) is 43.2 Å².